The highest BCUT2D eigenvalue weighted by Crippen LogP contribution is 2.25. The van der Waals surface area contributed by atoms with Crippen molar-refractivity contribution in [3.63, 3.8) is 0 Å². The highest BCUT2D eigenvalue weighted by molar-refractivity contribution is 5.70. The number of carbonyl (C=O) groups is 1. The lowest BCUT2D eigenvalue weighted by Gasteiger charge is -2.30. The van der Waals surface area contributed by atoms with Crippen molar-refractivity contribution in [3.8, 4) is 11.5 Å². The van der Waals surface area contributed by atoms with E-state index in [1.807, 2.05) is 52.0 Å². The van der Waals surface area contributed by atoms with Crippen LogP contribution >= 0.6 is 0 Å². The molecular weight excluding hydrogens is 308 g/mol. The number of benzene rings is 1. The van der Waals surface area contributed by atoms with Gasteiger partial charge in [0.15, 0.2) is 0 Å². The van der Waals surface area contributed by atoms with Gasteiger partial charge < -0.3 is 14.2 Å². The SMILES string of the molecule is CCOc1ccc(OCC(OC(=O)n2ccnc2)C(C)(C)C)cc1. The molecule has 0 aliphatic heterocycles. The van der Waals surface area contributed by atoms with Crippen LogP contribution in [-0.4, -0.2) is 35.0 Å². The molecule has 2 rings (SSSR count). The van der Waals surface area contributed by atoms with Crippen LogP contribution in [0.25, 0.3) is 0 Å². The zero-order chi connectivity index (χ0) is 17.6. The van der Waals surface area contributed by atoms with E-state index in [4.69, 9.17) is 14.2 Å². The summed E-state index contributed by atoms with van der Waals surface area (Å²) in [4.78, 5) is 16.0. The molecule has 0 radical (unpaired) electrons. The maximum Gasteiger partial charge on any atom is 0.419 e. The van der Waals surface area contributed by atoms with Crippen molar-refractivity contribution in [3.05, 3.63) is 43.0 Å². The molecule has 0 spiro atoms. The standard InChI is InChI=1S/C18H24N2O4/c1-5-22-14-6-8-15(9-7-14)23-12-16(18(2,3)4)24-17(21)20-11-10-19-13-20/h6-11,13,16H,5,12H2,1-4H3. The Morgan fingerprint density at radius 3 is 2.29 bits per heavy atom. The van der Waals surface area contributed by atoms with Crippen molar-refractivity contribution >= 4 is 6.09 Å². The second-order valence-electron chi connectivity index (χ2n) is 6.42. The Labute approximate surface area is 142 Å². The van der Waals surface area contributed by atoms with Gasteiger partial charge in [-0.25, -0.2) is 14.3 Å². The normalized spacial score (nSPS) is 12.5. The van der Waals surface area contributed by atoms with E-state index in [1.54, 1.807) is 6.20 Å². The summed E-state index contributed by atoms with van der Waals surface area (Å²) in [6, 6.07) is 7.37. The van der Waals surface area contributed by atoms with E-state index >= 15 is 0 Å². The van der Waals surface area contributed by atoms with Crippen molar-refractivity contribution in [2.45, 2.75) is 33.8 Å². The van der Waals surface area contributed by atoms with Crippen molar-refractivity contribution in [1.82, 2.24) is 9.55 Å². The highest BCUT2D eigenvalue weighted by atomic mass is 16.6. The number of nitrogens with zero attached hydrogens (tertiary/aromatic N) is 2. The third-order valence-electron chi connectivity index (χ3n) is 3.46. The van der Waals surface area contributed by atoms with Gasteiger partial charge in [0.05, 0.1) is 6.61 Å². The van der Waals surface area contributed by atoms with Gasteiger partial charge in [-0.15, -0.1) is 0 Å². The Hall–Kier alpha value is -2.50. The topological polar surface area (TPSA) is 62.6 Å². The summed E-state index contributed by atoms with van der Waals surface area (Å²) in [5.74, 6) is 1.50. The number of hydrogen-bond acceptors (Lipinski definition) is 5. The molecule has 1 heterocycles. The first kappa shape index (κ1) is 17.8. The van der Waals surface area contributed by atoms with Gasteiger partial charge in [0, 0.05) is 17.8 Å². The number of hydrogen-bond donors (Lipinski definition) is 0. The molecule has 0 saturated carbocycles. The average Bonchev–Trinajstić information content (AvgIpc) is 3.06. The quantitative estimate of drug-likeness (QED) is 0.806. The van der Waals surface area contributed by atoms with Crippen LogP contribution < -0.4 is 9.47 Å². The van der Waals surface area contributed by atoms with Crippen LogP contribution in [0, 0.1) is 5.41 Å². The van der Waals surface area contributed by atoms with Crippen molar-refractivity contribution in [2.24, 2.45) is 5.41 Å². The third-order valence-corrected chi connectivity index (χ3v) is 3.46. The molecule has 0 N–H and O–H groups in total. The zero-order valence-corrected chi connectivity index (χ0v) is 14.6. The molecule has 1 aromatic carbocycles. The monoisotopic (exact) mass is 332 g/mol. The summed E-state index contributed by atoms with van der Waals surface area (Å²) in [7, 11) is 0. The molecule has 0 aliphatic rings. The lowest BCUT2D eigenvalue weighted by Crippen LogP contribution is -2.37. The summed E-state index contributed by atoms with van der Waals surface area (Å²) in [6.45, 7) is 8.82. The van der Waals surface area contributed by atoms with E-state index in [-0.39, 0.29) is 12.0 Å². The van der Waals surface area contributed by atoms with Crippen molar-refractivity contribution in [1.29, 1.82) is 0 Å². The number of aromatic nitrogens is 2. The fourth-order valence-corrected chi connectivity index (χ4v) is 1.98. The molecular formula is C18H24N2O4. The maximum atomic E-state index is 12.1. The fourth-order valence-electron chi connectivity index (χ4n) is 1.98. The van der Waals surface area contributed by atoms with E-state index < -0.39 is 12.2 Å². The summed E-state index contributed by atoms with van der Waals surface area (Å²) in [6.07, 6.45) is 3.62. The van der Waals surface area contributed by atoms with E-state index in [9.17, 15) is 4.79 Å². The van der Waals surface area contributed by atoms with Gasteiger partial charge in [-0.1, -0.05) is 20.8 Å². The Bertz CT molecular complexity index is 630. The molecule has 0 aliphatic carbocycles. The van der Waals surface area contributed by atoms with E-state index in [1.165, 1.54) is 17.1 Å². The predicted molar refractivity (Wildman–Crippen MR) is 90.5 cm³/mol. The van der Waals surface area contributed by atoms with E-state index in [2.05, 4.69) is 4.98 Å². The third kappa shape index (κ3) is 5.01. The van der Waals surface area contributed by atoms with Crippen LogP contribution in [-0.2, 0) is 4.74 Å². The number of ether oxygens (including phenoxy) is 3. The minimum absolute atomic E-state index is 0.262. The second-order valence-corrected chi connectivity index (χ2v) is 6.42. The van der Waals surface area contributed by atoms with Crippen LogP contribution in [0.4, 0.5) is 4.79 Å². The largest absolute Gasteiger partial charge is 0.494 e. The Morgan fingerprint density at radius 1 is 1.17 bits per heavy atom. The van der Waals surface area contributed by atoms with Gasteiger partial charge >= 0.3 is 6.09 Å². The van der Waals surface area contributed by atoms with Crippen LogP contribution in [0.15, 0.2) is 43.0 Å². The van der Waals surface area contributed by atoms with Gasteiger partial charge in [0.25, 0.3) is 0 Å². The molecule has 0 bridgehead atoms. The minimum Gasteiger partial charge on any atom is -0.494 e. The van der Waals surface area contributed by atoms with Gasteiger partial charge in [-0.05, 0) is 31.2 Å². The molecule has 0 fully saturated rings. The first-order valence-corrected chi connectivity index (χ1v) is 7.94. The number of carbonyl (C=O) groups excluding carboxylic acids is 1. The summed E-state index contributed by atoms with van der Waals surface area (Å²) < 4.78 is 18.1. The number of rotatable bonds is 6. The molecule has 24 heavy (non-hydrogen) atoms. The van der Waals surface area contributed by atoms with Gasteiger partial charge in [0.1, 0.15) is 30.5 Å². The van der Waals surface area contributed by atoms with Crippen LogP contribution in [0.5, 0.6) is 11.5 Å². The van der Waals surface area contributed by atoms with Gasteiger partial charge in [0.2, 0.25) is 0 Å². The van der Waals surface area contributed by atoms with Crippen LogP contribution in [0.1, 0.15) is 27.7 Å². The van der Waals surface area contributed by atoms with E-state index in [0.29, 0.717) is 12.4 Å². The maximum absolute atomic E-state index is 12.1. The molecule has 130 valence electrons. The molecule has 6 nitrogen and oxygen atoms in total. The van der Waals surface area contributed by atoms with Gasteiger partial charge in [-0.3, -0.25) is 0 Å². The summed E-state index contributed by atoms with van der Waals surface area (Å²) in [5.41, 5.74) is -0.262. The van der Waals surface area contributed by atoms with Gasteiger partial charge in [-0.2, -0.15) is 0 Å². The van der Waals surface area contributed by atoms with E-state index in [0.717, 1.165) is 5.75 Å². The van der Waals surface area contributed by atoms with Crippen molar-refractivity contribution in [2.75, 3.05) is 13.2 Å². The fraction of sp³-hybridized carbons (Fsp3) is 0.444. The average molecular weight is 332 g/mol. The minimum atomic E-state index is -0.470. The summed E-state index contributed by atoms with van der Waals surface area (Å²) >= 11 is 0. The zero-order valence-electron chi connectivity index (χ0n) is 14.6. The number of imidazole rings is 1. The summed E-state index contributed by atoms with van der Waals surface area (Å²) in [5, 5.41) is 0. The molecule has 6 heteroatoms. The lowest BCUT2D eigenvalue weighted by molar-refractivity contribution is 0.00209. The van der Waals surface area contributed by atoms with Crippen LogP contribution in [0.2, 0.25) is 0 Å². The molecule has 1 atom stereocenters. The molecule has 0 amide bonds. The predicted octanol–water partition coefficient (Wildman–Crippen LogP) is 3.76. The Kier molecular flexibility index (Phi) is 5.84. The lowest BCUT2D eigenvalue weighted by atomic mass is 9.89. The molecule has 1 aromatic heterocycles. The Balaban J connectivity index is 1.97. The van der Waals surface area contributed by atoms with Crippen molar-refractivity contribution < 1.29 is 19.0 Å². The second kappa shape index (κ2) is 7.86. The first-order valence-electron chi connectivity index (χ1n) is 7.94. The first-order chi connectivity index (χ1) is 11.4. The van der Waals surface area contributed by atoms with Crippen LogP contribution in [0.3, 0.4) is 0 Å². The highest BCUT2D eigenvalue weighted by Gasteiger charge is 2.29. The molecule has 1 unspecified atom stereocenters. The Morgan fingerprint density at radius 2 is 1.79 bits per heavy atom. The molecule has 2 aromatic rings. The molecule has 0 saturated heterocycles. The smallest absolute Gasteiger partial charge is 0.419 e.